The first-order valence-corrected chi connectivity index (χ1v) is 9.94. The van der Waals surface area contributed by atoms with Gasteiger partial charge in [0.2, 0.25) is 15.9 Å². The second-order valence-corrected chi connectivity index (χ2v) is 8.32. The summed E-state index contributed by atoms with van der Waals surface area (Å²) in [5.41, 5.74) is 0.979. The molecule has 1 N–H and O–H groups in total. The Morgan fingerprint density at radius 3 is 2.48 bits per heavy atom. The van der Waals surface area contributed by atoms with Crippen LogP contribution < -0.4 is 0 Å². The molecule has 1 unspecified atom stereocenters. The van der Waals surface area contributed by atoms with Crippen LogP contribution in [0.5, 0.6) is 0 Å². The van der Waals surface area contributed by atoms with E-state index in [1.54, 1.807) is 26.1 Å². The number of rotatable bonds is 7. The maximum Gasteiger partial charge on any atom is 0.335 e. The molecule has 1 aromatic rings. The van der Waals surface area contributed by atoms with Crippen LogP contribution in [0.4, 0.5) is 0 Å². The van der Waals surface area contributed by atoms with Gasteiger partial charge in [0.25, 0.3) is 0 Å². The van der Waals surface area contributed by atoms with E-state index < -0.39 is 22.0 Å². The number of hydrogen-bond acceptors (Lipinski definition) is 4. The third kappa shape index (κ3) is 4.58. The van der Waals surface area contributed by atoms with Gasteiger partial charge in [-0.15, -0.1) is 0 Å². The smallest absolute Gasteiger partial charge is 0.335 e. The second kappa shape index (κ2) is 7.97. The molecule has 1 aliphatic heterocycles. The molecule has 1 atom stereocenters. The summed E-state index contributed by atoms with van der Waals surface area (Å²) in [6.07, 6.45) is 1.73. The Kier molecular flexibility index (Phi) is 6.18. The van der Waals surface area contributed by atoms with Gasteiger partial charge in [-0.1, -0.05) is 19.1 Å². The Hall–Kier alpha value is -1.93. The van der Waals surface area contributed by atoms with Crippen LogP contribution >= 0.6 is 0 Å². The van der Waals surface area contributed by atoms with E-state index in [1.807, 2.05) is 0 Å². The van der Waals surface area contributed by atoms with Gasteiger partial charge in [0.05, 0.1) is 11.3 Å². The lowest BCUT2D eigenvalue weighted by Crippen LogP contribution is -2.46. The van der Waals surface area contributed by atoms with E-state index in [9.17, 15) is 18.0 Å². The molecule has 7 nitrogen and oxygen atoms in total. The maximum atomic E-state index is 12.7. The summed E-state index contributed by atoms with van der Waals surface area (Å²) in [6, 6.07) is 5.66. The van der Waals surface area contributed by atoms with Crippen molar-refractivity contribution in [3.05, 3.63) is 35.4 Å². The average molecular weight is 368 g/mol. The van der Waals surface area contributed by atoms with E-state index >= 15 is 0 Å². The van der Waals surface area contributed by atoms with Gasteiger partial charge in [-0.2, -0.15) is 4.31 Å². The first-order chi connectivity index (χ1) is 11.8. The lowest BCUT2D eigenvalue weighted by atomic mass is 10.1. The maximum absolute atomic E-state index is 12.7. The molecule has 0 spiro atoms. The van der Waals surface area contributed by atoms with Gasteiger partial charge in [-0.05, 0) is 37.0 Å². The van der Waals surface area contributed by atoms with Crippen LogP contribution in [-0.2, 0) is 21.4 Å². The molecule has 1 fully saturated rings. The van der Waals surface area contributed by atoms with Crippen LogP contribution in [0.25, 0.3) is 0 Å². The van der Waals surface area contributed by atoms with Crippen LogP contribution in [0.2, 0.25) is 0 Å². The van der Waals surface area contributed by atoms with Gasteiger partial charge < -0.3 is 10.0 Å². The molecular formula is C17H24N2O5S. The lowest BCUT2D eigenvalue weighted by Gasteiger charge is -2.27. The molecule has 1 amide bonds. The van der Waals surface area contributed by atoms with Gasteiger partial charge in [-0.25, -0.2) is 13.2 Å². The van der Waals surface area contributed by atoms with E-state index in [0.717, 1.165) is 5.56 Å². The second-order valence-electron chi connectivity index (χ2n) is 6.28. The van der Waals surface area contributed by atoms with Gasteiger partial charge in [0, 0.05) is 20.1 Å². The molecule has 2 rings (SSSR count). The fourth-order valence-electron chi connectivity index (χ4n) is 3.05. The van der Waals surface area contributed by atoms with Crippen molar-refractivity contribution in [1.29, 1.82) is 0 Å². The zero-order chi connectivity index (χ0) is 18.6. The highest BCUT2D eigenvalue weighted by molar-refractivity contribution is 7.89. The molecule has 8 heteroatoms. The highest BCUT2D eigenvalue weighted by Gasteiger charge is 2.39. The predicted octanol–water partition coefficient (Wildman–Crippen LogP) is 1.55. The first kappa shape index (κ1) is 19.4. The van der Waals surface area contributed by atoms with Crippen LogP contribution in [0.15, 0.2) is 24.3 Å². The first-order valence-electron chi connectivity index (χ1n) is 8.33. The van der Waals surface area contributed by atoms with Crippen molar-refractivity contribution in [1.82, 2.24) is 9.21 Å². The minimum Gasteiger partial charge on any atom is -0.478 e. The van der Waals surface area contributed by atoms with E-state index in [2.05, 4.69) is 0 Å². The number of likely N-dealkylation sites (N-methyl/N-ethyl adjacent to an activating group) is 1. The third-order valence-electron chi connectivity index (χ3n) is 4.30. The summed E-state index contributed by atoms with van der Waals surface area (Å²) in [5, 5.41) is 8.91. The average Bonchev–Trinajstić information content (AvgIpc) is 3.05. The highest BCUT2D eigenvalue weighted by Crippen LogP contribution is 2.24. The molecule has 0 bridgehead atoms. The number of carbonyl (C=O) groups excluding carboxylic acids is 1. The molecule has 0 radical (unpaired) electrons. The third-order valence-corrected chi connectivity index (χ3v) is 6.38. The van der Waals surface area contributed by atoms with Crippen LogP contribution in [0.1, 0.15) is 42.1 Å². The van der Waals surface area contributed by atoms with Gasteiger partial charge in [-0.3, -0.25) is 4.79 Å². The quantitative estimate of drug-likeness (QED) is 0.788. The molecule has 0 aliphatic carbocycles. The van der Waals surface area contributed by atoms with Crippen LogP contribution in [-0.4, -0.2) is 60.0 Å². The zero-order valence-electron chi connectivity index (χ0n) is 14.5. The van der Waals surface area contributed by atoms with E-state index in [-0.39, 0.29) is 17.2 Å². The summed E-state index contributed by atoms with van der Waals surface area (Å²) in [6.45, 7) is 2.49. The van der Waals surface area contributed by atoms with E-state index in [4.69, 9.17) is 5.11 Å². The Labute approximate surface area is 148 Å². The fraction of sp³-hybridized carbons (Fsp3) is 0.529. The number of carboxylic acid groups (broad SMARTS) is 1. The number of sulfonamides is 1. The van der Waals surface area contributed by atoms with E-state index in [0.29, 0.717) is 32.4 Å². The summed E-state index contributed by atoms with van der Waals surface area (Å²) < 4.78 is 26.0. The summed E-state index contributed by atoms with van der Waals surface area (Å²) in [5.74, 6) is -1.17. The van der Waals surface area contributed by atoms with Gasteiger partial charge in [0.15, 0.2) is 0 Å². The van der Waals surface area contributed by atoms with Crippen molar-refractivity contribution in [2.24, 2.45) is 0 Å². The van der Waals surface area contributed by atoms with Crippen LogP contribution in [0, 0.1) is 0 Å². The molecule has 1 aliphatic rings. The largest absolute Gasteiger partial charge is 0.478 e. The summed E-state index contributed by atoms with van der Waals surface area (Å²) in [7, 11) is -1.77. The van der Waals surface area contributed by atoms with Crippen molar-refractivity contribution in [2.45, 2.75) is 38.8 Å². The van der Waals surface area contributed by atoms with Crippen LogP contribution in [0.3, 0.4) is 0 Å². The number of amides is 1. The molecular weight excluding hydrogens is 344 g/mol. The Balaban J connectivity index is 2.07. The number of aromatic carboxylic acids is 1. The molecule has 1 saturated heterocycles. The van der Waals surface area contributed by atoms with Crippen molar-refractivity contribution in [2.75, 3.05) is 19.3 Å². The topological polar surface area (TPSA) is 95.0 Å². The highest BCUT2D eigenvalue weighted by atomic mass is 32.2. The monoisotopic (exact) mass is 368 g/mol. The molecule has 0 aromatic heterocycles. The standard InChI is InChI=1S/C17H24N2O5S/c1-3-11-25(23,24)19-10-4-5-15(19)16(20)18(2)12-13-6-8-14(9-7-13)17(21)22/h6-9,15H,3-5,10-12H2,1-2H3,(H,21,22). The number of nitrogens with zero attached hydrogens (tertiary/aromatic N) is 2. The SMILES string of the molecule is CCCS(=O)(=O)N1CCCC1C(=O)N(C)Cc1ccc(C(=O)O)cc1. The molecule has 1 aromatic carbocycles. The van der Waals surface area contributed by atoms with Crippen molar-refractivity contribution < 1.29 is 23.1 Å². The van der Waals surface area contributed by atoms with E-state index in [1.165, 1.54) is 21.3 Å². The molecule has 1 heterocycles. The molecule has 25 heavy (non-hydrogen) atoms. The Morgan fingerprint density at radius 1 is 1.28 bits per heavy atom. The van der Waals surface area contributed by atoms with Gasteiger partial charge >= 0.3 is 5.97 Å². The predicted molar refractivity (Wildman–Crippen MR) is 93.7 cm³/mol. The number of benzene rings is 1. The Morgan fingerprint density at radius 2 is 1.92 bits per heavy atom. The van der Waals surface area contributed by atoms with Gasteiger partial charge in [0.1, 0.15) is 6.04 Å². The number of hydrogen-bond donors (Lipinski definition) is 1. The van der Waals surface area contributed by atoms with Crippen molar-refractivity contribution in [3.8, 4) is 0 Å². The summed E-state index contributed by atoms with van der Waals surface area (Å²) in [4.78, 5) is 25.1. The minimum absolute atomic E-state index is 0.0527. The summed E-state index contributed by atoms with van der Waals surface area (Å²) >= 11 is 0. The fourth-order valence-corrected chi connectivity index (χ4v) is 4.80. The minimum atomic E-state index is -3.41. The zero-order valence-corrected chi connectivity index (χ0v) is 15.3. The number of carboxylic acids is 1. The Bertz CT molecular complexity index is 730. The molecule has 138 valence electrons. The molecule has 0 saturated carbocycles. The number of carbonyl (C=O) groups is 2. The van der Waals surface area contributed by atoms with Crippen molar-refractivity contribution >= 4 is 21.9 Å². The normalized spacial score (nSPS) is 18.2. The van der Waals surface area contributed by atoms with Crippen molar-refractivity contribution in [3.63, 3.8) is 0 Å². The lowest BCUT2D eigenvalue weighted by molar-refractivity contribution is -0.133.